The van der Waals surface area contributed by atoms with Gasteiger partial charge >= 0.3 is 12.1 Å². The monoisotopic (exact) mass is 440 g/mol. The number of urea groups is 1. The standard InChI is InChI=1S/C17H17ClN4O4S2/c18-13-2-1-11(27-13)15(23)20-6-10-7-22(17(25)26-10)14-5-9-3-4-21(16(19)24)8-12(9)28-14/h1-2,5,10H,3-4,6-8H2,(H2,19,24)(H,20,23)/t10-/m0/s1. The number of thiophene rings is 2. The first-order chi connectivity index (χ1) is 13.4. The number of hydrogen-bond donors (Lipinski definition) is 2. The predicted molar refractivity (Wildman–Crippen MR) is 107 cm³/mol. The Morgan fingerprint density at radius 2 is 2.18 bits per heavy atom. The van der Waals surface area contributed by atoms with Gasteiger partial charge in [0.2, 0.25) is 0 Å². The van der Waals surface area contributed by atoms with Crippen molar-refractivity contribution < 1.29 is 19.1 Å². The molecule has 0 bridgehead atoms. The molecule has 11 heteroatoms. The molecule has 2 aromatic rings. The zero-order valence-corrected chi connectivity index (χ0v) is 17.0. The second-order valence-electron chi connectivity index (χ2n) is 6.47. The van der Waals surface area contributed by atoms with Crippen LogP contribution >= 0.6 is 34.3 Å². The van der Waals surface area contributed by atoms with Crippen molar-refractivity contribution in [3.63, 3.8) is 0 Å². The molecule has 0 radical (unpaired) electrons. The fourth-order valence-corrected chi connectivity index (χ4v) is 5.35. The zero-order valence-electron chi connectivity index (χ0n) is 14.6. The van der Waals surface area contributed by atoms with Crippen LogP contribution in [0.4, 0.5) is 14.6 Å². The Hall–Kier alpha value is -2.30. The second-order valence-corrected chi connectivity index (χ2v) is 9.30. The molecule has 2 aliphatic heterocycles. The fraction of sp³-hybridized carbons (Fsp3) is 0.353. The van der Waals surface area contributed by atoms with Crippen LogP contribution in [0.5, 0.6) is 0 Å². The molecule has 0 unspecified atom stereocenters. The quantitative estimate of drug-likeness (QED) is 0.762. The van der Waals surface area contributed by atoms with Crippen LogP contribution in [-0.4, -0.2) is 48.7 Å². The summed E-state index contributed by atoms with van der Waals surface area (Å²) in [5.74, 6) is -0.246. The molecular formula is C17H17ClN4O4S2. The molecule has 3 N–H and O–H groups in total. The van der Waals surface area contributed by atoms with E-state index in [-0.39, 0.29) is 12.5 Å². The van der Waals surface area contributed by atoms with Gasteiger partial charge in [0.15, 0.2) is 0 Å². The van der Waals surface area contributed by atoms with Crippen LogP contribution in [0, 0.1) is 0 Å². The number of carbonyl (C=O) groups is 3. The van der Waals surface area contributed by atoms with Crippen LogP contribution in [0.2, 0.25) is 4.34 Å². The number of cyclic esters (lactones) is 1. The van der Waals surface area contributed by atoms with Gasteiger partial charge in [-0.1, -0.05) is 11.6 Å². The summed E-state index contributed by atoms with van der Waals surface area (Å²) in [5.41, 5.74) is 6.48. The Morgan fingerprint density at radius 1 is 1.36 bits per heavy atom. The largest absolute Gasteiger partial charge is 0.442 e. The minimum Gasteiger partial charge on any atom is -0.442 e. The number of nitrogens with zero attached hydrogens (tertiary/aromatic N) is 2. The molecule has 0 aliphatic carbocycles. The molecule has 2 aromatic heterocycles. The number of nitrogens with one attached hydrogen (secondary N) is 1. The number of amides is 4. The Bertz CT molecular complexity index is 943. The molecule has 4 rings (SSSR count). The number of carbonyl (C=O) groups excluding carboxylic acids is 3. The minimum absolute atomic E-state index is 0.219. The molecule has 0 aromatic carbocycles. The maximum atomic E-state index is 12.3. The van der Waals surface area contributed by atoms with Crippen LogP contribution < -0.4 is 16.0 Å². The lowest BCUT2D eigenvalue weighted by Gasteiger charge is -2.24. The van der Waals surface area contributed by atoms with E-state index < -0.39 is 18.2 Å². The normalized spacial score (nSPS) is 18.8. The van der Waals surface area contributed by atoms with Gasteiger partial charge in [-0.2, -0.15) is 0 Å². The molecule has 1 fully saturated rings. The lowest BCUT2D eigenvalue weighted by molar-refractivity contribution is 0.0920. The van der Waals surface area contributed by atoms with E-state index in [9.17, 15) is 14.4 Å². The molecule has 4 heterocycles. The highest BCUT2D eigenvalue weighted by Crippen LogP contribution is 2.36. The first kappa shape index (κ1) is 19.0. The molecule has 0 saturated carbocycles. The maximum absolute atomic E-state index is 12.3. The first-order valence-corrected chi connectivity index (χ1v) is 10.6. The number of fused-ring (bicyclic) bond motifs is 1. The third-order valence-corrected chi connectivity index (χ3v) is 7.02. The van der Waals surface area contributed by atoms with Crippen molar-refractivity contribution in [2.75, 3.05) is 24.5 Å². The van der Waals surface area contributed by atoms with Gasteiger partial charge in [0.25, 0.3) is 5.91 Å². The molecule has 0 spiro atoms. The van der Waals surface area contributed by atoms with E-state index >= 15 is 0 Å². The lowest BCUT2D eigenvalue weighted by atomic mass is 10.1. The fourth-order valence-electron chi connectivity index (χ4n) is 3.16. The van der Waals surface area contributed by atoms with Gasteiger partial charge in [-0.15, -0.1) is 22.7 Å². The number of halogens is 1. The van der Waals surface area contributed by atoms with Gasteiger partial charge in [-0.25, -0.2) is 9.59 Å². The van der Waals surface area contributed by atoms with Crippen LogP contribution in [0.15, 0.2) is 18.2 Å². The van der Waals surface area contributed by atoms with E-state index in [1.165, 1.54) is 22.7 Å². The van der Waals surface area contributed by atoms with Gasteiger partial charge in [0.1, 0.15) is 11.1 Å². The Balaban J connectivity index is 1.37. The van der Waals surface area contributed by atoms with Crippen molar-refractivity contribution in [3.8, 4) is 0 Å². The molecule has 1 atom stereocenters. The topological polar surface area (TPSA) is 105 Å². The molecule has 8 nitrogen and oxygen atoms in total. The molecular weight excluding hydrogens is 424 g/mol. The highest BCUT2D eigenvalue weighted by Gasteiger charge is 2.34. The third kappa shape index (κ3) is 3.80. The number of nitrogens with two attached hydrogens (primary N) is 1. The molecule has 1 saturated heterocycles. The third-order valence-electron chi connectivity index (χ3n) is 4.61. The van der Waals surface area contributed by atoms with Crippen LogP contribution in [-0.2, 0) is 17.7 Å². The van der Waals surface area contributed by atoms with E-state index in [0.29, 0.717) is 35.3 Å². The van der Waals surface area contributed by atoms with Gasteiger partial charge in [-0.05, 0) is 30.2 Å². The number of anilines is 1. The second kappa shape index (κ2) is 7.61. The Kier molecular flexibility index (Phi) is 5.17. The van der Waals surface area contributed by atoms with E-state index in [0.717, 1.165) is 15.4 Å². The summed E-state index contributed by atoms with van der Waals surface area (Å²) in [7, 11) is 0. The lowest BCUT2D eigenvalue weighted by Crippen LogP contribution is -2.38. The Morgan fingerprint density at radius 3 is 2.89 bits per heavy atom. The number of hydrogen-bond acceptors (Lipinski definition) is 6. The summed E-state index contributed by atoms with van der Waals surface area (Å²) in [6.45, 7) is 1.60. The summed E-state index contributed by atoms with van der Waals surface area (Å²) in [6, 6.07) is 4.84. The van der Waals surface area contributed by atoms with Crippen LogP contribution in [0.25, 0.3) is 0 Å². The van der Waals surface area contributed by atoms with Crippen molar-refractivity contribution in [3.05, 3.63) is 37.9 Å². The van der Waals surface area contributed by atoms with E-state index in [1.54, 1.807) is 21.9 Å². The van der Waals surface area contributed by atoms with Gasteiger partial charge in [0, 0.05) is 11.4 Å². The smallest absolute Gasteiger partial charge is 0.415 e. The average molecular weight is 441 g/mol. The van der Waals surface area contributed by atoms with Crippen LogP contribution in [0.3, 0.4) is 0 Å². The van der Waals surface area contributed by atoms with Crippen molar-refractivity contribution in [1.29, 1.82) is 0 Å². The van der Waals surface area contributed by atoms with Crippen molar-refractivity contribution in [2.45, 2.75) is 19.1 Å². The molecule has 148 valence electrons. The Labute approximate surface area is 173 Å². The predicted octanol–water partition coefficient (Wildman–Crippen LogP) is 2.66. The van der Waals surface area contributed by atoms with Crippen molar-refractivity contribution >= 4 is 57.3 Å². The highest BCUT2D eigenvalue weighted by atomic mass is 35.5. The average Bonchev–Trinajstić information content (AvgIpc) is 3.36. The minimum atomic E-state index is -0.441. The highest BCUT2D eigenvalue weighted by molar-refractivity contribution is 7.18. The molecule has 28 heavy (non-hydrogen) atoms. The summed E-state index contributed by atoms with van der Waals surface area (Å²) < 4.78 is 5.92. The maximum Gasteiger partial charge on any atom is 0.415 e. The van der Waals surface area contributed by atoms with Crippen molar-refractivity contribution in [2.24, 2.45) is 5.73 Å². The van der Waals surface area contributed by atoms with E-state index in [4.69, 9.17) is 22.1 Å². The number of ether oxygens (including phenoxy) is 1. The zero-order chi connectivity index (χ0) is 19.8. The van der Waals surface area contributed by atoms with E-state index in [2.05, 4.69) is 5.32 Å². The molecule has 4 amide bonds. The summed E-state index contributed by atoms with van der Waals surface area (Å²) in [6.07, 6.45) is -0.169. The van der Waals surface area contributed by atoms with Crippen LogP contribution in [0.1, 0.15) is 20.1 Å². The SMILES string of the molecule is NC(=O)N1CCc2cc(N3C[C@H](CNC(=O)c4ccc(Cl)s4)OC3=O)sc2C1. The van der Waals surface area contributed by atoms with Gasteiger partial charge in [-0.3, -0.25) is 9.69 Å². The van der Waals surface area contributed by atoms with Crippen molar-refractivity contribution in [1.82, 2.24) is 10.2 Å². The summed E-state index contributed by atoms with van der Waals surface area (Å²) in [4.78, 5) is 40.5. The number of rotatable bonds is 4. The van der Waals surface area contributed by atoms with Gasteiger partial charge in [0.05, 0.1) is 28.8 Å². The van der Waals surface area contributed by atoms with Gasteiger partial charge < -0.3 is 20.7 Å². The molecule has 2 aliphatic rings. The first-order valence-electron chi connectivity index (χ1n) is 8.58. The van der Waals surface area contributed by atoms with E-state index in [1.807, 2.05) is 6.07 Å². The summed E-state index contributed by atoms with van der Waals surface area (Å²) in [5, 5.41) is 3.55. The summed E-state index contributed by atoms with van der Waals surface area (Å²) >= 11 is 8.49. The number of primary amides is 1.